The van der Waals surface area contributed by atoms with Gasteiger partial charge in [-0.3, -0.25) is 0 Å². The molecule has 1 nitrogen and oxygen atoms in total. The van der Waals surface area contributed by atoms with E-state index < -0.39 is 72.7 Å². The number of hydrogen-bond acceptors (Lipinski definition) is 1. The van der Waals surface area contributed by atoms with Crippen molar-refractivity contribution in [1.29, 1.82) is 0 Å². The van der Waals surface area contributed by atoms with Gasteiger partial charge in [0.25, 0.3) is 0 Å². The zero-order valence-corrected chi connectivity index (χ0v) is 19.1. The van der Waals surface area contributed by atoms with Gasteiger partial charge in [-0.05, 0) is 0 Å². The molecule has 2 aromatic rings. The van der Waals surface area contributed by atoms with Crippen molar-refractivity contribution < 1.29 is 38.2 Å². The fourth-order valence-corrected chi connectivity index (χ4v) is 8.89. The number of alkyl halides is 8. The van der Waals surface area contributed by atoms with E-state index in [1.807, 2.05) is 0 Å². The molecule has 31 heavy (non-hydrogen) atoms. The van der Waals surface area contributed by atoms with Crippen molar-refractivity contribution in [3.8, 4) is 0 Å². The van der Waals surface area contributed by atoms with Gasteiger partial charge in [0.1, 0.15) is 0 Å². The van der Waals surface area contributed by atoms with E-state index in [2.05, 4.69) is 0 Å². The summed E-state index contributed by atoms with van der Waals surface area (Å²) in [5.74, 6) is 0. The summed E-state index contributed by atoms with van der Waals surface area (Å²) in [5.41, 5.74) is 1.02. The Morgan fingerprint density at radius 1 is 0.645 bits per heavy atom. The Labute approximate surface area is 182 Å². The van der Waals surface area contributed by atoms with Crippen LogP contribution in [0.2, 0.25) is 0 Å². The molecule has 0 aliphatic carbocycles. The molecule has 0 spiro atoms. The molecule has 0 saturated heterocycles. The fourth-order valence-electron chi connectivity index (χ4n) is 2.93. The van der Waals surface area contributed by atoms with Crippen molar-refractivity contribution in [2.45, 2.75) is 52.5 Å². The van der Waals surface area contributed by atoms with Crippen LogP contribution >= 0.6 is 0 Å². The maximum absolute atomic E-state index is 14.8. The van der Waals surface area contributed by atoms with Gasteiger partial charge in [-0.1, -0.05) is 0 Å². The summed E-state index contributed by atoms with van der Waals surface area (Å²) in [6, 6.07) is 16.6. The van der Waals surface area contributed by atoms with Crippen molar-refractivity contribution in [3.63, 3.8) is 0 Å². The zero-order chi connectivity index (χ0) is 23.1. The van der Waals surface area contributed by atoms with Gasteiger partial charge in [0.15, 0.2) is 0 Å². The zero-order valence-electron chi connectivity index (χ0n) is 16.3. The van der Waals surface area contributed by atoms with Crippen LogP contribution in [0.25, 0.3) is 0 Å². The van der Waals surface area contributed by atoms with Crippen LogP contribution in [-0.2, 0) is 3.07 Å². The summed E-state index contributed by atoms with van der Waals surface area (Å²) in [7, 11) is 0. The average Bonchev–Trinajstić information content (AvgIpc) is 2.71. The van der Waals surface area contributed by atoms with Gasteiger partial charge in [0.2, 0.25) is 0 Å². The maximum atomic E-state index is 14.8. The average molecular weight is 560 g/mol. The molecule has 0 heterocycles. The minimum atomic E-state index is -4.66. The molecule has 1 radical (unpaired) electrons. The van der Waals surface area contributed by atoms with E-state index in [-0.39, 0.29) is 0 Å². The first-order valence-corrected chi connectivity index (χ1v) is 14.0. The van der Waals surface area contributed by atoms with Gasteiger partial charge in [-0.2, -0.15) is 0 Å². The second kappa shape index (κ2) is 11.5. The number of benzene rings is 2. The van der Waals surface area contributed by atoms with Gasteiger partial charge < -0.3 is 0 Å². The normalized spacial score (nSPS) is 14.8. The topological polar surface area (TPSA) is 9.23 Å². The van der Waals surface area contributed by atoms with Crippen LogP contribution < -0.4 is 0 Å². The molecule has 10 heteroatoms. The van der Waals surface area contributed by atoms with E-state index in [0.29, 0.717) is 11.1 Å². The van der Waals surface area contributed by atoms with Crippen molar-refractivity contribution in [2.75, 3.05) is 0 Å². The summed E-state index contributed by atoms with van der Waals surface area (Å²) < 4.78 is 106. The van der Waals surface area contributed by atoms with E-state index in [1.54, 1.807) is 60.7 Å². The molecule has 2 atom stereocenters. The molecular formula is C21H21F8OSn. The molecule has 0 fully saturated rings. The molecule has 0 saturated carbocycles. The summed E-state index contributed by atoms with van der Waals surface area (Å²) in [6.45, 7) is 0. The third-order valence-corrected chi connectivity index (χ3v) is 11.1. The van der Waals surface area contributed by atoms with Crippen LogP contribution in [0.4, 0.5) is 35.1 Å². The molecule has 171 valence electrons. The molecule has 0 aliphatic rings. The van der Waals surface area contributed by atoms with Crippen LogP contribution in [-0.4, -0.2) is 40.9 Å². The summed E-state index contributed by atoms with van der Waals surface area (Å²) >= 11 is -4.55. The number of rotatable bonds is 10. The summed E-state index contributed by atoms with van der Waals surface area (Å²) in [6.07, 6.45) is -15.3. The van der Waals surface area contributed by atoms with Crippen molar-refractivity contribution in [1.82, 2.24) is 0 Å². The molecule has 0 aromatic heterocycles. The summed E-state index contributed by atoms with van der Waals surface area (Å²) in [5, 5.41) is 0. The SMILES string of the molecule is F[CH](CCC(F)(F)F)[Sn]([O]C(c1ccccc1)c1ccccc1)[CH](F)CCC(F)(F)F. The molecule has 0 bridgehead atoms. The first kappa shape index (κ1) is 25.9. The molecule has 0 amide bonds. The van der Waals surface area contributed by atoms with E-state index in [0.717, 1.165) is 0 Å². The van der Waals surface area contributed by atoms with E-state index >= 15 is 0 Å². The molecule has 0 aliphatic heterocycles. The molecule has 2 unspecified atom stereocenters. The van der Waals surface area contributed by atoms with Crippen LogP contribution in [0.1, 0.15) is 42.9 Å². The Hall–Kier alpha value is -1.36. The van der Waals surface area contributed by atoms with Gasteiger partial charge >= 0.3 is 183 Å². The first-order valence-electron chi connectivity index (χ1n) is 9.51. The van der Waals surface area contributed by atoms with Gasteiger partial charge in [-0.25, -0.2) is 0 Å². The van der Waals surface area contributed by atoms with Crippen LogP contribution in [0, 0.1) is 0 Å². The Morgan fingerprint density at radius 2 is 1.00 bits per heavy atom. The molecular weight excluding hydrogens is 539 g/mol. The van der Waals surface area contributed by atoms with Crippen LogP contribution in [0.5, 0.6) is 0 Å². The third-order valence-electron chi connectivity index (χ3n) is 4.44. The Kier molecular flexibility index (Phi) is 9.60. The minimum absolute atomic E-state index is 0.512. The molecule has 2 rings (SSSR count). The van der Waals surface area contributed by atoms with Crippen molar-refractivity contribution in [3.05, 3.63) is 71.8 Å². The van der Waals surface area contributed by atoms with Gasteiger partial charge in [0.05, 0.1) is 0 Å². The third kappa shape index (κ3) is 9.34. The Bertz CT molecular complexity index is 703. The standard InChI is InChI=1S/C13H11O.2C4H5F4.Sn/c14-13(11-7-3-1-4-8-11)12-9-5-2-6-10-12;2*5-3-1-2-4(6,7)8;/h1-10,13H;2*3H,1-2H2;/q-1;;;+1. The first-order chi connectivity index (χ1) is 14.5. The predicted molar refractivity (Wildman–Crippen MR) is 102 cm³/mol. The van der Waals surface area contributed by atoms with E-state index in [1.165, 1.54) is 0 Å². The second-order valence-corrected chi connectivity index (χ2v) is 13.5. The van der Waals surface area contributed by atoms with E-state index in [9.17, 15) is 35.1 Å². The number of halogens is 8. The Morgan fingerprint density at radius 3 is 1.32 bits per heavy atom. The van der Waals surface area contributed by atoms with Crippen LogP contribution in [0.3, 0.4) is 0 Å². The summed E-state index contributed by atoms with van der Waals surface area (Å²) in [4.78, 5) is 0. The molecule has 0 N–H and O–H groups in total. The monoisotopic (exact) mass is 561 g/mol. The van der Waals surface area contributed by atoms with Crippen molar-refractivity contribution >= 4 is 20.2 Å². The van der Waals surface area contributed by atoms with Crippen LogP contribution in [0.15, 0.2) is 60.7 Å². The number of hydrogen-bond donors (Lipinski definition) is 0. The predicted octanol–water partition coefficient (Wildman–Crippen LogP) is 7.22. The van der Waals surface area contributed by atoms with Gasteiger partial charge in [0, 0.05) is 0 Å². The van der Waals surface area contributed by atoms with Gasteiger partial charge in [-0.15, -0.1) is 0 Å². The van der Waals surface area contributed by atoms with E-state index in [4.69, 9.17) is 3.07 Å². The van der Waals surface area contributed by atoms with Crippen molar-refractivity contribution in [2.24, 2.45) is 0 Å². The molecule has 2 aromatic carbocycles. The second-order valence-electron chi connectivity index (χ2n) is 6.96. The fraction of sp³-hybridized carbons (Fsp3) is 0.429. The Balaban J connectivity index is 2.30. The quantitative estimate of drug-likeness (QED) is 0.220.